The number of nitrogens with one attached hydrogen (secondary N) is 1. The molecule has 16 heavy (non-hydrogen) atoms. The molecule has 0 spiro atoms. The van der Waals surface area contributed by atoms with E-state index in [9.17, 15) is 0 Å². The molecule has 88 valence electrons. The highest BCUT2D eigenvalue weighted by molar-refractivity contribution is 7.98. The fourth-order valence-electron chi connectivity index (χ4n) is 2.16. The fourth-order valence-corrected chi connectivity index (χ4v) is 2.54. The molecule has 1 saturated carbocycles. The van der Waals surface area contributed by atoms with Crippen molar-refractivity contribution in [3.05, 3.63) is 6.07 Å². The average Bonchev–Trinajstić information content (AvgIpc) is 2.63. The highest BCUT2D eigenvalue weighted by Gasteiger charge is 2.23. The van der Waals surface area contributed by atoms with Crippen LogP contribution in [0.3, 0.4) is 0 Å². The Labute approximate surface area is 100 Å². The highest BCUT2D eigenvalue weighted by atomic mass is 32.2. The van der Waals surface area contributed by atoms with E-state index >= 15 is 0 Å². The van der Waals surface area contributed by atoms with E-state index in [0.717, 1.165) is 11.0 Å². The van der Waals surface area contributed by atoms with E-state index in [2.05, 4.69) is 22.2 Å². The van der Waals surface area contributed by atoms with Crippen LogP contribution in [0.1, 0.15) is 26.2 Å². The number of aromatic nitrogens is 2. The van der Waals surface area contributed by atoms with Gasteiger partial charge in [0.2, 0.25) is 0 Å². The van der Waals surface area contributed by atoms with Crippen LogP contribution in [0.15, 0.2) is 11.2 Å². The van der Waals surface area contributed by atoms with Gasteiger partial charge in [-0.25, -0.2) is 9.97 Å². The van der Waals surface area contributed by atoms with Crippen molar-refractivity contribution in [3.63, 3.8) is 0 Å². The second-order valence-corrected chi connectivity index (χ2v) is 5.10. The number of anilines is 2. The standard InChI is InChI=1S/C11H18N4S/c1-7-4-3-5-8(7)13-10-6-9(12)14-11(15-10)16-2/h6-8H,3-5H2,1-2H3,(H3,12,13,14,15). The predicted octanol–water partition coefficient (Wildman–Crippen LogP) is 2.38. The quantitative estimate of drug-likeness (QED) is 0.625. The number of nitrogen functional groups attached to an aromatic ring is 1. The van der Waals surface area contributed by atoms with Crippen molar-refractivity contribution < 1.29 is 0 Å². The Balaban J connectivity index is 2.11. The molecule has 1 aliphatic rings. The summed E-state index contributed by atoms with van der Waals surface area (Å²) >= 11 is 1.51. The van der Waals surface area contributed by atoms with Gasteiger partial charge < -0.3 is 11.1 Å². The summed E-state index contributed by atoms with van der Waals surface area (Å²) in [6.45, 7) is 2.28. The van der Waals surface area contributed by atoms with Crippen molar-refractivity contribution >= 4 is 23.4 Å². The molecule has 1 aliphatic carbocycles. The number of nitrogens with two attached hydrogens (primary N) is 1. The third-order valence-electron chi connectivity index (χ3n) is 3.10. The number of thioether (sulfide) groups is 1. The first-order valence-electron chi connectivity index (χ1n) is 5.64. The van der Waals surface area contributed by atoms with Crippen LogP contribution in [0.4, 0.5) is 11.6 Å². The first-order valence-corrected chi connectivity index (χ1v) is 6.86. The van der Waals surface area contributed by atoms with E-state index in [1.807, 2.05) is 12.3 Å². The molecule has 0 saturated heterocycles. The van der Waals surface area contributed by atoms with Crippen molar-refractivity contribution in [3.8, 4) is 0 Å². The predicted molar refractivity (Wildman–Crippen MR) is 68.7 cm³/mol. The molecular weight excluding hydrogens is 220 g/mol. The minimum absolute atomic E-state index is 0.531. The van der Waals surface area contributed by atoms with E-state index in [1.54, 1.807) is 0 Å². The number of nitrogens with zero attached hydrogens (tertiary/aromatic N) is 2. The third-order valence-corrected chi connectivity index (χ3v) is 3.65. The van der Waals surface area contributed by atoms with Crippen LogP contribution in [0.2, 0.25) is 0 Å². The van der Waals surface area contributed by atoms with Crippen LogP contribution in [0, 0.1) is 5.92 Å². The van der Waals surface area contributed by atoms with Gasteiger partial charge in [0.1, 0.15) is 11.6 Å². The van der Waals surface area contributed by atoms with Crippen molar-refractivity contribution in [1.82, 2.24) is 9.97 Å². The lowest BCUT2D eigenvalue weighted by molar-refractivity contribution is 0.554. The van der Waals surface area contributed by atoms with Crippen LogP contribution in [-0.2, 0) is 0 Å². The van der Waals surface area contributed by atoms with E-state index in [-0.39, 0.29) is 0 Å². The normalized spacial score (nSPS) is 24.6. The smallest absolute Gasteiger partial charge is 0.191 e. The number of hydrogen-bond acceptors (Lipinski definition) is 5. The summed E-state index contributed by atoms with van der Waals surface area (Å²) in [6.07, 6.45) is 5.78. The first kappa shape index (κ1) is 11.5. The van der Waals surface area contributed by atoms with Crippen molar-refractivity contribution in [2.45, 2.75) is 37.4 Å². The van der Waals surface area contributed by atoms with Crippen LogP contribution < -0.4 is 11.1 Å². The topological polar surface area (TPSA) is 63.8 Å². The summed E-state index contributed by atoms with van der Waals surface area (Å²) in [4.78, 5) is 8.55. The fraction of sp³-hybridized carbons (Fsp3) is 0.636. The Kier molecular flexibility index (Phi) is 3.53. The van der Waals surface area contributed by atoms with Gasteiger partial charge in [-0.3, -0.25) is 0 Å². The Morgan fingerprint density at radius 1 is 1.44 bits per heavy atom. The maximum absolute atomic E-state index is 5.74. The van der Waals surface area contributed by atoms with Crippen LogP contribution in [0.25, 0.3) is 0 Å². The zero-order chi connectivity index (χ0) is 11.5. The molecule has 1 aromatic rings. The van der Waals surface area contributed by atoms with E-state index in [0.29, 0.717) is 17.8 Å². The Morgan fingerprint density at radius 3 is 2.88 bits per heavy atom. The molecule has 2 atom stereocenters. The SMILES string of the molecule is CSc1nc(N)cc(NC2CCCC2C)n1. The molecule has 1 aromatic heterocycles. The largest absolute Gasteiger partial charge is 0.383 e. The molecule has 0 radical (unpaired) electrons. The molecule has 0 aromatic carbocycles. The summed E-state index contributed by atoms with van der Waals surface area (Å²) in [5.41, 5.74) is 5.74. The van der Waals surface area contributed by atoms with Gasteiger partial charge in [-0.05, 0) is 25.0 Å². The lowest BCUT2D eigenvalue weighted by Gasteiger charge is -2.18. The zero-order valence-corrected chi connectivity index (χ0v) is 10.5. The van der Waals surface area contributed by atoms with E-state index in [4.69, 9.17) is 5.73 Å². The molecule has 3 N–H and O–H groups in total. The summed E-state index contributed by atoms with van der Waals surface area (Å²) in [5, 5.41) is 4.19. The maximum Gasteiger partial charge on any atom is 0.191 e. The molecule has 0 aliphatic heterocycles. The zero-order valence-electron chi connectivity index (χ0n) is 9.73. The molecule has 2 unspecified atom stereocenters. The van der Waals surface area contributed by atoms with Gasteiger partial charge in [-0.1, -0.05) is 25.1 Å². The van der Waals surface area contributed by atoms with Crippen molar-refractivity contribution in [2.24, 2.45) is 5.92 Å². The molecule has 5 heteroatoms. The first-order chi connectivity index (χ1) is 7.69. The van der Waals surface area contributed by atoms with Gasteiger partial charge in [0.05, 0.1) is 0 Å². The molecule has 2 rings (SSSR count). The second-order valence-electron chi connectivity index (χ2n) is 4.32. The van der Waals surface area contributed by atoms with Crippen molar-refractivity contribution in [2.75, 3.05) is 17.3 Å². The van der Waals surface area contributed by atoms with Gasteiger partial charge in [-0.2, -0.15) is 0 Å². The van der Waals surface area contributed by atoms with Crippen molar-refractivity contribution in [1.29, 1.82) is 0 Å². The summed E-state index contributed by atoms with van der Waals surface area (Å²) in [6, 6.07) is 2.34. The average molecular weight is 238 g/mol. The van der Waals surface area contributed by atoms with E-state index < -0.39 is 0 Å². The third kappa shape index (κ3) is 2.58. The van der Waals surface area contributed by atoms with Gasteiger partial charge in [-0.15, -0.1) is 0 Å². The molecule has 1 fully saturated rings. The molecule has 4 nitrogen and oxygen atoms in total. The molecule has 0 bridgehead atoms. The van der Waals surface area contributed by atoms with Gasteiger partial charge in [0, 0.05) is 12.1 Å². The Hall–Kier alpha value is -0.970. The molecular formula is C11H18N4S. The second kappa shape index (κ2) is 4.91. The molecule has 1 heterocycles. The van der Waals surface area contributed by atoms with Gasteiger partial charge in [0.25, 0.3) is 0 Å². The summed E-state index contributed by atoms with van der Waals surface area (Å²) in [5.74, 6) is 2.11. The van der Waals surface area contributed by atoms with Crippen LogP contribution >= 0.6 is 11.8 Å². The molecule has 0 amide bonds. The number of hydrogen-bond donors (Lipinski definition) is 2. The Morgan fingerprint density at radius 2 is 2.25 bits per heavy atom. The monoisotopic (exact) mass is 238 g/mol. The van der Waals surface area contributed by atoms with Gasteiger partial charge in [0.15, 0.2) is 5.16 Å². The Bertz CT molecular complexity index is 369. The lowest BCUT2D eigenvalue weighted by Crippen LogP contribution is -2.22. The lowest BCUT2D eigenvalue weighted by atomic mass is 10.1. The summed E-state index contributed by atoms with van der Waals surface area (Å²) < 4.78 is 0. The number of rotatable bonds is 3. The minimum Gasteiger partial charge on any atom is -0.383 e. The van der Waals surface area contributed by atoms with Crippen LogP contribution in [0.5, 0.6) is 0 Å². The van der Waals surface area contributed by atoms with E-state index in [1.165, 1.54) is 31.0 Å². The maximum atomic E-state index is 5.74. The van der Waals surface area contributed by atoms with Gasteiger partial charge >= 0.3 is 0 Å². The summed E-state index contributed by atoms with van der Waals surface area (Å²) in [7, 11) is 0. The highest BCUT2D eigenvalue weighted by Crippen LogP contribution is 2.28. The minimum atomic E-state index is 0.531. The van der Waals surface area contributed by atoms with Crippen LogP contribution in [-0.4, -0.2) is 22.3 Å².